The van der Waals surface area contributed by atoms with E-state index in [1.54, 1.807) is 0 Å². The predicted octanol–water partition coefficient (Wildman–Crippen LogP) is 4.12. The number of carbonyl (C=O) groups excluding carboxylic acids is 2. The molecule has 2 N–H and O–H groups in total. The minimum Gasteiger partial charge on any atom is -0.370 e. The lowest BCUT2D eigenvalue weighted by Gasteiger charge is -2.33. The van der Waals surface area contributed by atoms with Crippen LogP contribution in [0.5, 0.6) is 0 Å². The maximum absolute atomic E-state index is 13.0. The first-order chi connectivity index (χ1) is 12.5. The number of halogens is 1. The molecule has 1 aliphatic rings. The number of nitrogens with two attached hydrogens (primary N) is 1. The summed E-state index contributed by atoms with van der Waals surface area (Å²) in [6.45, 7) is 1.44. The number of amides is 2. The monoisotopic (exact) mass is 370 g/mol. The van der Waals surface area contributed by atoms with Crippen molar-refractivity contribution in [3.05, 3.63) is 59.1 Å². The van der Waals surface area contributed by atoms with Crippen molar-refractivity contribution in [2.24, 2.45) is 11.7 Å². The smallest absolute Gasteiger partial charge is 0.253 e. The highest BCUT2D eigenvalue weighted by atomic mass is 35.5. The summed E-state index contributed by atoms with van der Waals surface area (Å²) in [6, 6.07) is 15.2. The quantitative estimate of drug-likeness (QED) is 0.860. The van der Waals surface area contributed by atoms with Crippen molar-refractivity contribution in [2.75, 3.05) is 13.1 Å². The van der Waals surface area contributed by atoms with Crippen LogP contribution in [0.1, 0.15) is 36.0 Å². The van der Waals surface area contributed by atoms with Gasteiger partial charge in [0.1, 0.15) is 0 Å². The van der Waals surface area contributed by atoms with Gasteiger partial charge in [-0.25, -0.2) is 0 Å². The minimum atomic E-state index is -0.277. The molecule has 0 unspecified atom stereocenters. The molecule has 2 aromatic carbocycles. The molecule has 0 spiro atoms. The van der Waals surface area contributed by atoms with Crippen LogP contribution in [0, 0.1) is 5.92 Å². The molecule has 1 fully saturated rings. The minimum absolute atomic E-state index is 0.0303. The van der Waals surface area contributed by atoms with Gasteiger partial charge >= 0.3 is 0 Å². The number of rotatable bonds is 5. The molecule has 1 aliphatic heterocycles. The van der Waals surface area contributed by atoms with Crippen LogP contribution in [0.15, 0.2) is 48.5 Å². The van der Waals surface area contributed by atoms with Crippen LogP contribution in [-0.4, -0.2) is 29.8 Å². The fourth-order valence-electron chi connectivity index (χ4n) is 3.53. The Kier molecular flexibility index (Phi) is 5.94. The third-order valence-corrected chi connectivity index (χ3v) is 5.23. The number of piperidine rings is 1. The highest BCUT2D eigenvalue weighted by Crippen LogP contribution is 2.29. The number of hydrogen-bond donors (Lipinski definition) is 1. The molecule has 1 atom stereocenters. The number of likely N-dealkylation sites (tertiary alicyclic amines) is 1. The Balaban J connectivity index is 1.74. The summed E-state index contributed by atoms with van der Waals surface area (Å²) < 4.78 is 0. The Morgan fingerprint density at radius 3 is 2.73 bits per heavy atom. The van der Waals surface area contributed by atoms with E-state index in [-0.39, 0.29) is 11.8 Å². The number of nitrogens with zero attached hydrogens (tertiary/aromatic N) is 1. The average Bonchev–Trinajstić information content (AvgIpc) is 2.66. The first-order valence-electron chi connectivity index (χ1n) is 8.97. The summed E-state index contributed by atoms with van der Waals surface area (Å²) in [7, 11) is 0. The Labute approximate surface area is 158 Å². The van der Waals surface area contributed by atoms with Gasteiger partial charge in [-0.15, -0.1) is 0 Å². The Morgan fingerprint density at radius 1 is 1.15 bits per heavy atom. The Morgan fingerprint density at radius 2 is 1.96 bits per heavy atom. The lowest BCUT2D eigenvalue weighted by molar-refractivity contribution is -0.118. The molecular weight excluding hydrogens is 348 g/mol. The van der Waals surface area contributed by atoms with Gasteiger partial charge in [0, 0.05) is 35.7 Å². The summed E-state index contributed by atoms with van der Waals surface area (Å²) in [6.07, 6.45) is 3.13. The zero-order valence-corrected chi connectivity index (χ0v) is 15.4. The van der Waals surface area contributed by atoms with E-state index in [2.05, 4.69) is 0 Å². The van der Waals surface area contributed by atoms with Gasteiger partial charge in [0.25, 0.3) is 5.91 Å². The highest BCUT2D eigenvalue weighted by molar-refractivity contribution is 6.33. The van der Waals surface area contributed by atoms with Crippen molar-refractivity contribution in [1.29, 1.82) is 0 Å². The summed E-state index contributed by atoms with van der Waals surface area (Å²) in [5, 5.41) is 0.668. The first-order valence-corrected chi connectivity index (χ1v) is 9.35. The third-order valence-electron chi connectivity index (χ3n) is 4.90. The van der Waals surface area contributed by atoms with Crippen LogP contribution < -0.4 is 5.73 Å². The lowest BCUT2D eigenvalue weighted by atomic mass is 9.92. The molecule has 26 heavy (non-hydrogen) atoms. The average molecular weight is 371 g/mol. The van der Waals surface area contributed by atoms with Crippen LogP contribution in [-0.2, 0) is 4.79 Å². The van der Waals surface area contributed by atoms with Gasteiger partial charge in [-0.1, -0.05) is 41.9 Å². The topological polar surface area (TPSA) is 63.4 Å². The lowest BCUT2D eigenvalue weighted by Crippen LogP contribution is -2.40. The van der Waals surface area contributed by atoms with E-state index in [1.807, 2.05) is 53.4 Å². The van der Waals surface area contributed by atoms with Crippen LogP contribution >= 0.6 is 11.6 Å². The standard InChI is InChI=1S/C21H23ClN2O2/c22-19-9-2-1-8-18(19)16-6-3-7-17(13-16)21(26)24-12-4-5-15(14-24)10-11-20(23)25/h1-3,6-9,13,15H,4-5,10-12,14H2,(H2,23,25)/t15-/m0/s1. The largest absolute Gasteiger partial charge is 0.370 e. The fourth-order valence-corrected chi connectivity index (χ4v) is 3.77. The summed E-state index contributed by atoms with van der Waals surface area (Å²) in [5.74, 6) is 0.0931. The van der Waals surface area contributed by atoms with Crippen LogP contribution in [0.25, 0.3) is 11.1 Å². The number of carbonyl (C=O) groups is 2. The maximum Gasteiger partial charge on any atom is 0.253 e. The molecule has 0 aliphatic carbocycles. The highest BCUT2D eigenvalue weighted by Gasteiger charge is 2.24. The second-order valence-electron chi connectivity index (χ2n) is 6.83. The van der Waals surface area contributed by atoms with Gasteiger partial charge in [0.15, 0.2) is 0 Å². The molecule has 4 nitrogen and oxygen atoms in total. The molecular formula is C21H23ClN2O2. The van der Waals surface area contributed by atoms with Crippen molar-refractivity contribution in [2.45, 2.75) is 25.7 Å². The van der Waals surface area contributed by atoms with E-state index in [0.717, 1.165) is 36.9 Å². The number of hydrogen-bond acceptors (Lipinski definition) is 2. The summed E-state index contributed by atoms with van der Waals surface area (Å²) in [5.41, 5.74) is 7.77. The fraction of sp³-hybridized carbons (Fsp3) is 0.333. The van der Waals surface area contributed by atoms with E-state index < -0.39 is 0 Å². The van der Waals surface area contributed by atoms with Gasteiger partial charge in [-0.3, -0.25) is 9.59 Å². The van der Waals surface area contributed by atoms with Gasteiger partial charge < -0.3 is 10.6 Å². The molecule has 3 rings (SSSR count). The van der Waals surface area contributed by atoms with Crippen LogP contribution in [0.3, 0.4) is 0 Å². The normalized spacial score (nSPS) is 17.1. The van der Waals surface area contributed by atoms with Gasteiger partial charge in [0.05, 0.1) is 0 Å². The third kappa shape index (κ3) is 4.44. The molecule has 2 amide bonds. The number of primary amides is 1. The molecule has 1 heterocycles. The Bertz CT molecular complexity index is 806. The van der Waals surface area contributed by atoms with E-state index in [9.17, 15) is 9.59 Å². The number of benzene rings is 2. The molecule has 1 saturated heterocycles. The SMILES string of the molecule is NC(=O)CC[C@@H]1CCCN(C(=O)c2cccc(-c3ccccc3Cl)c2)C1. The zero-order chi connectivity index (χ0) is 18.5. The molecule has 0 bridgehead atoms. The van der Waals surface area contributed by atoms with Crippen LogP contribution in [0.2, 0.25) is 5.02 Å². The van der Waals surface area contributed by atoms with Crippen molar-refractivity contribution >= 4 is 23.4 Å². The molecule has 0 aromatic heterocycles. The van der Waals surface area contributed by atoms with Gasteiger partial charge in [-0.05, 0) is 48.9 Å². The molecule has 0 saturated carbocycles. The van der Waals surface area contributed by atoms with E-state index >= 15 is 0 Å². The molecule has 0 radical (unpaired) electrons. The predicted molar refractivity (Wildman–Crippen MR) is 104 cm³/mol. The van der Waals surface area contributed by atoms with Gasteiger partial charge in [0.2, 0.25) is 5.91 Å². The van der Waals surface area contributed by atoms with Crippen molar-refractivity contribution in [1.82, 2.24) is 4.90 Å². The summed E-state index contributed by atoms with van der Waals surface area (Å²) in [4.78, 5) is 25.9. The second-order valence-corrected chi connectivity index (χ2v) is 7.23. The zero-order valence-electron chi connectivity index (χ0n) is 14.7. The van der Waals surface area contributed by atoms with Crippen molar-refractivity contribution in [3.8, 4) is 11.1 Å². The van der Waals surface area contributed by atoms with Crippen LogP contribution in [0.4, 0.5) is 0 Å². The molecule has 2 aromatic rings. The summed E-state index contributed by atoms with van der Waals surface area (Å²) >= 11 is 6.29. The van der Waals surface area contributed by atoms with Gasteiger partial charge in [-0.2, -0.15) is 0 Å². The Hall–Kier alpha value is -2.33. The van der Waals surface area contributed by atoms with E-state index in [1.165, 1.54) is 0 Å². The van der Waals surface area contributed by atoms with E-state index in [0.29, 0.717) is 29.5 Å². The van der Waals surface area contributed by atoms with Crippen molar-refractivity contribution < 1.29 is 9.59 Å². The molecule has 5 heteroatoms. The first kappa shape index (κ1) is 18.5. The molecule has 136 valence electrons. The van der Waals surface area contributed by atoms with Crippen molar-refractivity contribution in [3.63, 3.8) is 0 Å². The van der Waals surface area contributed by atoms with E-state index in [4.69, 9.17) is 17.3 Å². The maximum atomic E-state index is 13.0. The second kappa shape index (κ2) is 8.37.